The molecule has 0 radical (unpaired) electrons. The Bertz CT molecular complexity index is 651. The molecular formula is C22H26O2. The minimum atomic E-state index is 0.0197. The topological polar surface area (TPSA) is 26.3 Å². The minimum absolute atomic E-state index is 0.0197. The molecule has 126 valence electrons. The van der Waals surface area contributed by atoms with Gasteiger partial charge in [0.15, 0.2) is 5.78 Å². The van der Waals surface area contributed by atoms with Crippen molar-refractivity contribution < 1.29 is 9.53 Å². The zero-order chi connectivity index (χ0) is 17.2. The Kier molecular flexibility index (Phi) is 7.28. The predicted octanol–water partition coefficient (Wildman–Crippen LogP) is 5.85. The summed E-state index contributed by atoms with van der Waals surface area (Å²) in [5.41, 5.74) is 2.86. The van der Waals surface area contributed by atoms with Gasteiger partial charge in [-0.15, -0.1) is 0 Å². The van der Waals surface area contributed by atoms with Crippen molar-refractivity contribution in [3.05, 3.63) is 71.3 Å². The molecule has 0 aliphatic rings. The lowest BCUT2D eigenvalue weighted by Crippen LogP contribution is -1.97. The number of ether oxygens (including phenoxy) is 1. The van der Waals surface area contributed by atoms with E-state index < -0.39 is 0 Å². The zero-order valence-corrected chi connectivity index (χ0v) is 14.6. The van der Waals surface area contributed by atoms with Gasteiger partial charge >= 0.3 is 0 Å². The summed E-state index contributed by atoms with van der Waals surface area (Å²) in [6, 6.07) is 15.5. The first-order chi connectivity index (χ1) is 11.7. The van der Waals surface area contributed by atoms with E-state index >= 15 is 0 Å². The fourth-order valence-corrected chi connectivity index (χ4v) is 2.38. The number of allylic oxidation sites excluding steroid dienone is 1. The molecule has 24 heavy (non-hydrogen) atoms. The van der Waals surface area contributed by atoms with Crippen LogP contribution in [0.25, 0.3) is 6.08 Å². The van der Waals surface area contributed by atoms with Crippen molar-refractivity contribution in [2.45, 2.75) is 39.5 Å². The van der Waals surface area contributed by atoms with E-state index in [4.69, 9.17) is 4.74 Å². The summed E-state index contributed by atoms with van der Waals surface area (Å²) >= 11 is 0. The number of benzene rings is 2. The number of ketones is 1. The van der Waals surface area contributed by atoms with Gasteiger partial charge in [0.2, 0.25) is 0 Å². The SMILES string of the molecule is CCCCCCOc1ccc(/C=C/C(=O)c2ccc(C)cc2)cc1. The van der Waals surface area contributed by atoms with Crippen molar-refractivity contribution in [1.29, 1.82) is 0 Å². The second kappa shape index (κ2) is 9.71. The van der Waals surface area contributed by atoms with Crippen LogP contribution in [0, 0.1) is 6.92 Å². The zero-order valence-electron chi connectivity index (χ0n) is 14.6. The van der Waals surface area contributed by atoms with E-state index in [-0.39, 0.29) is 5.78 Å². The molecule has 0 aliphatic heterocycles. The number of hydrogen-bond donors (Lipinski definition) is 0. The third-order valence-electron chi connectivity index (χ3n) is 3.91. The molecule has 0 bridgehead atoms. The van der Waals surface area contributed by atoms with E-state index in [9.17, 15) is 4.79 Å². The van der Waals surface area contributed by atoms with Crippen LogP contribution in [0.4, 0.5) is 0 Å². The van der Waals surface area contributed by atoms with Crippen molar-refractivity contribution in [1.82, 2.24) is 0 Å². The summed E-state index contributed by atoms with van der Waals surface area (Å²) in [5, 5.41) is 0. The number of unbranched alkanes of at least 4 members (excludes halogenated alkanes) is 3. The highest BCUT2D eigenvalue weighted by atomic mass is 16.5. The second-order valence-electron chi connectivity index (χ2n) is 6.04. The maximum absolute atomic E-state index is 12.1. The Morgan fingerprint density at radius 1 is 0.958 bits per heavy atom. The van der Waals surface area contributed by atoms with Gasteiger partial charge in [0.25, 0.3) is 0 Å². The summed E-state index contributed by atoms with van der Waals surface area (Å²) in [5.74, 6) is 0.903. The smallest absolute Gasteiger partial charge is 0.185 e. The Hall–Kier alpha value is -2.35. The molecule has 2 aromatic carbocycles. The number of hydrogen-bond acceptors (Lipinski definition) is 2. The van der Waals surface area contributed by atoms with Gasteiger partial charge in [0.1, 0.15) is 5.75 Å². The molecule has 0 heterocycles. The lowest BCUT2D eigenvalue weighted by atomic mass is 10.1. The van der Waals surface area contributed by atoms with E-state index in [0.717, 1.165) is 29.9 Å². The molecule has 0 fully saturated rings. The number of carbonyl (C=O) groups excluding carboxylic acids is 1. The maximum Gasteiger partial charge on any atom is 0.185 e. The largest absolute Gasteiger partial charge is 0.494 e. The van der Waals surface area contributed by atoms with Crippen LogP contribution in [0.5, 0.6) is 5.75 Å². The van der Waals surface area contributed by atoms with Crippen LogP contribution in [0.3, 0.4) is 0 Å². The second-order valence-corrected chi connectivity index (χ2v) is 6.04. The summed E-state index contributed by atoms with van der Waals surface area (Å²) in [4.78, 5) is 12.1. The van der Waals surface area contributed by atoms with Crippen LogP contribution in [-0.2, 0) is 0 Å². The van der Waals surface area contributed by atoms with Gasteiger partial charge in [-0.1, -0.05) is 74.2 Å². The molecule has 2 heteroatoms. The van der Waals surface area contributed by atoms with Gasteiger partial charge in [-0.25, -0.2) is 0 Å². The van der Waals surface area contributed by atoms with E-state index in [1.165, 1.54) is 19.3 Å². The maximum atomic E-state index is 12.1. The molecular weight excluding hydrogens is 296 g/mol. The highest BCUT2D eigenvalue weighted by Crippen LogP contribution is 2.14. The van der Waals surface area contributed by atoms with Crippen molar-refractivity contribution in [2.24, 2.45) is 0 Å². The lowest BCUT2D eigenvalue weighted by molar-refractivity contribution is 0.104. The third-order valence-corrected chi connectivity index (χ3v) is 3.91. The lowest BCUT2D eigenvalue weighted by Gasteiger charge is -2.06. The number of carbonyl (C=O) groups is 1. The van der Waals surface area contributed by atoms with Crippen LogP contribution in [-0.4, -0.2) is 12.4 Å². The molecule has 2 rings (SSSR count). The molecule has 0 aliphatic carbocycles. The first-order valence-electron chi connectivity index (χ1n) is 8.71. The summed E-state index contributed by atoms with van der Waals surface area (Å²) < 4.78 is 5.72. The van der Waals surface area contributed by atoms with E-state index in [1.807, 2.05) is 61.5 Å². The standard InChI is InChI=1S/C22H26O2/c1-3-4-5-6-17-24-21-14-9-19(10-15-21)11-16-22(23)20-12-7-18(2)8-13-20/h7-16H,3-6,17H2,1-2H3/b16-11+. The van der Waals surface area contributed by atoms with Crippen molar-refractivity contribution in [3.8, 4) is 5.75 Å². The van der Waals surface area contributed by atoms with Gasteiger partial charge in [-0.3, -0.25) is 4.79 Å². The normalized spacial score (nSPS) is 10.9. The van der Waals surface area contributed by atoms with Crippen molar-refractivity contribution in [2.75, 3.05) is 6.61 Å². The molecule has 0 saturated carbocycles. The van der Waals surface area contributed by atoms with E-state index in [1.54, 1.807) is 6.08 Å². The Labute approximate surface area is 145 Å². The van der Waals surface area contributed by atoms with Crippen LogP contribution >= 0.6 is 0 Å². The molecule has 2 nitrogen and oxygen atoms in total. The molecule has 0 amide bonds. The van der Waals surface area contributed by atoms with E-state index in [2.05, 4.69) is 6.92 Å². The van der Waals surface area contributed by atoms with Crippen molar-refractivity contribution in [3.63, 3.8) is 0 Å². The fraction of sp³-hybridized carbons (Fsp3) is 0.318. The summed E-state index contributed by atoms with van der Waals surface area (Å²) in [6.07, 6.45) is 8.28. The third kappa shape index (κ3) is 6.04. The highest BCUT2D eigenvalue weighted by Gasteiger charge is 2.00. The Balaban J connectivity index is 1.84. The molecule has 0 atom stereocenters. The van der Waals surface area contributed by atoms with Crippen LogP contribution < -0.4 is 4.74 Å². The molecule has 0 unspecified atom stereocenters. The number of aryl methyl sites for hydroxylation is 1. The molecule has 0 N–H and O–H groups in total. The molecule has 2 aromatic rings. The van der Waals surface area contributed by atoms with Gasteiger partial charge in [-0.2, -0.15) is 0 Å². The van der Waals surface area contributed by atoms with Crippen LogP contribution in [0.2, 0.25) is 0 Å². The first kappa shape index (κ1) is 18.0. The minimum Gasteiger partial charge on any atom is -0.494 e. The molecule has 0 saturated heterocycles. The average molecular weight is 322 g/mol. The van der Waals surface area contributed by atoms with Gasteiger partial charge in [0, 0.05) is 5.56 Å². The van der Waals surface area contributed by atoms with Gasteiger partial charge in [-0.05, 0) is 37.1 Å². The predicted molar refractivity (Wildman–Crippen MR) is 101 cm³/mol. The van der Waals surface area contributed by atoms with Crippen LogP contribution in [0.15, 0.2) is 54.6 Å². The van der Waals surface area contributed by atoms with Crippen LogP contribution in [0.1, 0.15) is 54.1 Å². The summed E-state index contributed by atoms with van der Waals surface area (Å²) in [6.45, 7) is 4.98. The van der Waals surface area contributed by atoms with Crippen molar-refractivity contribution >= 4 is 11.9 Å². The first-order valence-corrected chi connectivity index (χ1v) is 8.71. The highest BCUT2D eigenvalue weighted by molar-refractivity contribution is 6.06. The summed E-state index contributed by atoms with van der Waals surface area (Å²) in [7, 11) is 0. The Morgan fingerprint density at radius 2 is 1.67 bits per heavy atom. The van der Waals surface area contributed by atoms with Gasteiger partial charge in [0.05, 0.1) is 6.61 Å². The number of rotatable bonds is 9. The quantitative estimate of drug-likeness (QED) is 0.329. The molecule has 0 aromatic heterocycles. The van der Waals surface area contributed by atoms with E-state index in [0.29, 0.717) is 5.56 Å². The molecule has 0 spiro atoms. The van der Waals surface area contributed by atoms with Gasteiger partial charge < -0.3 is 4.74 Å². The average Bonchev–Trinajstić information content (AvgIpc) is 2.61. The fourth-order valence-electron chi connectivity index (χ4n) is 2.38. The monoisotopic (exact) mass is 322 g/mol. The Morgan fingerprint density at radius 3 is 2.33 bits per heavy atom.